The molecular formula is C25H35N3O5S. The second-order valence-corrected chi connectivity index (χ2v) is 12.4. The third kappa shape index (κ3) is 5.24. The zero-order chi connectivity index (χ0) is 24.7. The van der Waals surface area contributed by atoms with Crippen LogP contribution >= 0.6 is 0 Å². The lowest BCUT2D eigenvalue weighted by Crippen LogP contribution is -2.51. The fraction of sp³-hybridized carbons (Fsp3) is 0.600. The number of carbonyl (C=O) groups is 2. The minimum absolute atomic E-state index is 0.0832. The topological polar surface area (TPSA) is 116 Å². The third-order valence-electron chi connectivity index (χ3n) is 7.36. The summed E-state index contributed by atoms with van der Waals surface area (Å²) in [6, 6.07) is 1.30. The minimum Gasteiger partial charge on any atom is -0.465 e. The largest absolute Gasteiger partial charge is 0.465 e. The van der Waals surface area contributed by atoms with Gasteiger partial charge in [0.2, 0.25) is 0 Å². The van der Waals surface area contributed by atoms with E-state index in [2.05, 4.69) is 16.1 Å². The SMILES string of the molecule is CC(C)(C)C1CC(C=CS(=O)(=O)NC(=O)Nc2c3c(cc4c2CCC4)CCC3)CCN1C(=O)O. The fourth-order valence-electron chi connectivity index (χ4n) is 5.70. The Kier molecular flexibility index (Phi) is 6.68. The Bertz CT molecular complexity index is 1090. The first kappa shape index (κ1) is 24.6. The van der Waals surface area contributed by atoms with Gasteiger partial charge in [-0.3, -0.25) is 0 Å². The predicted molar refractivity (Wildman–Crippen MR) is 131 cm³/mol. The Labute approximate surface area is 201 Å². The van der Waals surface area contributed by atoms with Gasteiger partial charge >= 0.3 is 12.1 Å². The van der Waals surface area contributed by atoms with E-state index in [1.165, 1.54) is 16.0 Å². The number of nitrogens with one attached hydrogen (secondary N) is 2. The quantitative estimate of drug-likeness (QED) is 0.578. The van der Waals surface area contributed by atoms with E-state index in [1.54, 1.807) is 6.08 Å². The maximum absolute atomic E-state index is 12.7. The summed E-state index contributed by atoms with van der Waals surface area (Å²) in [6.07, 6.45) is 7.60. The number of allylic oxidation sites excluding steroid dienone is 1. The Morgan fingerprint density at radius 3 is 2.26 bits per heavy atom. The van der Waals surface area contributed by atoms with E-state index in [-0.39, 0.29) is 17.4 Å². The summed E-state index contributed by atoms with van der Waals surface area (Å²) in [5.41, 5.74) is 5.34. The first-order valence-electron chi connectivity index (χ1n) is 12.1. The summed E-state index contributed by atoms with van der Waals surface area (Å²) < 4.78 is 27.4. The number of amides is 3. The highest BCUT2D eigenvalue weighted by Gasteiger charge is 2.38. The molecule has 9 heteroatoms. The van der Waals surface area contributed by atoms with Crippen LogP contribution in [0, 0.1) is 11.3 Å². The average molecular weight is 490 g/mol. The maximum atomic E-state index is 12.7. The van der Waals surface area contributed by atoms with E-state index in [0.717, 1.165) is 60.7 Å². The van der Waals surface area contributed by atoms with Crippen LogP contribution < -0.4 is 10.0 Å². The molecule has 3 aliphatic rings. The second-order valence-electron chi connectivity index (χ2n) is 10.8. The number of hydrogen-bond acceptors (Lipinski definition) is 4. The number of urea groups is 1. The number of nitrogens with zero attached hydrogens (tertiary/aromatic N) is 1. The summed E-state index contributed by atoms with van der Waals surface area (Å²) >= 11 is 0. The van der Waals surface area contributed by atoms with E-state index in [0.29, 0.717) is 19.4 Å². The van der Waals surface area contributed by atoms with Crippen LogP contribution in [0.15, 0.2) is 17.6 Å². The number of carbonyl (C=O) groups excluding carboxylic acids is 1. The van der Waals surface area contributed by atoms with Crippen LogP contribution in [0.2, 0.25) is 0 Å². The van der Waals surface area contributed by atoms with Gasteiger partial charge in [-0.15, -0.1) is 0 Å². The standard InChI is InChI=1S/C25H35N3O5S/c1-25(2,3)21-14-16(10-12-28(21)24(30)31)11-13-34(32,33)27-23(29)26-22-19-8-4-6-17(19)15-18-7-5-9-20(18)22/h11,13,15-16,21H,4-10,12,14H2,1-3H3,(H,30,31)(H2,26,27,29). The minimum atomic E-state index is -3.98. The molecule has 3 N–H and O–H groups in total. The van der Waals surface area contributed by atoms with Gasteiger partial charge in [0, 0.05) is 23.7 Å². The fourth-order valence-corrected chi connectivity index (χ4v) is 6.51. The van der Waals surface area contributed by atoms with Crippen molar-refractivity contribution in [1.29, 1.82) is 0 Å². The summed E-state index contributed by atoms with van der Waals surface area (Å²) in [6.45, 7) is 6.31. The normalized spacial score (nSPS) is 22.5. The molecule has 1 fully saturated rings. The monoisotopic (exact) mass is 489 g/mol. The van der Waals surface area contributed by atoms with Crippen LogP contribution in [0.4, 0.5) is 15.3 Å². The van der Waals surface area contributed by atoms with Crippen molar-refractivity contribution in [2.45, 2.75) is 78.2 Å². The van der Waals surface area contributed by atoms with Crippen molar-refractivity contribution in [3.63, 3.8) is 0 Å². The molecule has 0 saturated carbocycles. The van der Waals surface area contributed by atoms with Crippen LogP contribution in [0.5, 0.6) is 0 Å². The Hall–Kier alpha value is -2.55. The molecule has 1 aliphatic heterocycles. The molecule has 4 rings (SSSR count). The summed E-state index contributed by atoms with van der Waals surface area (Å²) in [5, 5.41) is 13.4. The number of fused-ring (bicyclic) bond motifs is 2. The van der Waals surface area contributed by atoms with Crippen LogP contribution in [0.25, 0.3) is 0 Å². The van der Waals surface area contributed by atoms with Gasteiger partial charge in [-0.25, -0.2) is 22.7 Å². The molecular weight excluding hydrogens is 454 g/mol. The molecule has 186 valence electrons. The number of sulfonamides is 1. The number of hydrogen-bond donors (Lipinski definition) is 3. The molecule has 0 spiro atoms. The van der Waals surface area contributed by atoms with Crippen LogP contribution in [0.3, 0.4) is 0 Å². The number of benzene rings is 1. The molecule has 1 aromatic rings. The van der Waals surface area contributed by atoms with Gasteiger partial charge in [0.25, 0.3) is 10.0 Å². The third-order valence-corrected chi connectivity index (χ3v) is 8.35. The lowest BCUT2D eigenvalue weighted by atomic mass is 9.77. The number of anilines is 1. The number of likely N-dealkylation sites (tertiary alicyclic amines) is 1. The zero-order valence-corrected chi connectivity index (χ0v) is 21.0. The second kappa shape index (κ2) is 9.24. The molecule has 8 nitrogen and oxygen atoms in total. The Balaban J connectivity index is 1.42. The van der Waals surface area contributed by atoms with Crippen molar-refractivity contribution in [3.05, 3.63) is 39.8 Å². The molecule has 1 aromatic carbocycles. The van der Waals surface area contributed by atoms with Gasteiger partial charge < -0.3 is 15.3 Å². The first-order valence-corrected chi connectivity index (χ1v) is 13.7. The van der Waals surface area contributed by atoms with Gasteiger partial charge in [0.15, 0.2) is 0 Å². The van der Waals surface area contributed by atoms with Crippen molar-refractivity contribution in [2.75, 3.05) is 11.9 Å². The molecule has 1 saturated heterocycles. The lowest BCUT2D eigenvalue weighted by molar-refractivity contribution is 0.0483. The predicted octanol–water partition coefficient (Wildman–Crippen LogP) is 4.43. The highest BCUT2D eigenvalue weighted by molar-refractivity contribution is 7.92. The van der Waals surface area contributed by atoms with E-state index in [9.17, 15) is 23.1 Å². The molecule has 0 aromatic heterocycles. The van der Waals surface area contributed by atoms with Crippen LogP contribution in [-0.4, -0.2) is 43.1 Å². The van der Waals surface area contributed by atoms with Crippen molar-refractivity contribution in [2.24, 2.45) is 11.3 Å². The molecule has 0 radical (unpaired) electrons. The highest BCUT2D eigenvalue weighted by atomic mass is 32.2. The van der Waals surface area contributed by atoms with Gasteiger partial charge in [-0.05, 0) is 85.0 Å². The first-order chi connectivity index (χ1) is 15.9. The van der Waals surface area contributed by atoms with Gasteiger partial charge in [-0.1, -0.05) is 32.9 Å². The van der Waals surface area contributed by atoms with Gasteiger partial charge in [0.05, 0.1) is 0 Å². The lowest BCUT2D eigenvalue weighted by Gasteiger charge is -2.44. The summed E-state index contributed by atoms with van der Waals surface area (Å²) in [4.78, 5) is 25.7. The molecule has 2 aliphatic carbocycles. The van der Waals surface area contributed by atoms with E-state index in [1.807, 2.05) is 20.8 Å². The number of rotatable bonds is 4. The number of carboxylic acid groups (broad SMARTS) is 1. The molecule has 0 bridgehead atoms. The van der Waals surface area contributed by atoms with Crippen LogP contribution in [-0.2, 0) is 35.7 Å². The highest BCUT2D eigenvalue weighted by Crippen LogP contribution is 2.39. The number of piperidine rings is 1. The maximum Gasteiger partial charge on any atom is 0.407 e. The molecule has 1 heterocycles. The molecule has 2 unspecified atom stereocenters. The smallest absolute Gasteiger partial charge is 0.407 e. The number of aryl methyl sites for hydroxylation is 2. The zero-order valence-electron chi connectivity index (χ0n) is 20.2. The molecule has 3 amide bonds. The Morgan fingerprint density at radius 1 is 1.09 bits per heavy atom. The molecule has 2 atom stereocenters. The van der Waals surface area contributed by atoms with Crippen LogP contribution in [0.1, 0.15) is 68.7 Å². The van der Waals surface area contributed by atoms with E-state index < -0.39 is 22.1 Å². The summed E-state index contributed by atoms with van der Waals surface area (Å²) in [7, 11) is -3.98. The van der Waals surface area contributed by atoms with E-state index in [4.69, 9.17) is 0 Å². The Morgan fingerprint density at radius 2 is 1.71 bits per heavy atom. The molecule has 34 heavy (non-hydrogen) atoms. The van der Waals surface area contributed by atoms with Gasteiger partial charge in [-0.2, -0.15) is 0 Å². The van der Waals surface area contributed by atoms with Crippen molar-refractivity contribution in [3.8, 4) is 0 Å². The average Bonchev–Trinajstić information content (AvgIpc) is 3.40. The van der Waals surface area contributed by atoms with Crippen molar-refractivity contribution < 1.29 is 23.1 Å². The van der Waals surface area contributed by atoms with Crippen molar-refractivity contribution >= 4 is 27.8 Å². The van der Waals surface area contributed by atoms with E-state index >= 15 is 0 Å². The van der Waals surface area contributed by atoms with Crippen molar-refractivity contribution in [1.82, 2.24) is 9.62 Å². The van der Waals surface area contributed by atoms with Gasteiger partial charge in [0.1, 0.15) is 0 Å². The summed E-state index contributed by atoms with van der Waals surface area (Å²) in [5.74, 6) is -0.0832.